The zero-order chi connectivity index (χ0) is 15.3. The Hall–Kier alpha value is -1.49. The van der Waals surface area contributed by atoms with E-state index in [2.05, 4.69) is 10.6 Å². The molecule has 0 aliphatic rings. The molecule has 20 heavy (non-hydrogen) atoms. The van der Waals surface area contributed by atoms with Crippen molar-refractivity contribution in [2.45, 2.75) is 46.7 Å². The number of carbonyl (C=O) groups excluding carboxylic acids is 1. The van der Waals surface area contributed by atoms with Crippen molar-refractivity contribution in [1.82, 2.24) is 5.32 Å². The number of benzene rings is 1. The van der Waals surface area contributed by atoms with Crippen LogP contribution in [-0.2, 0) is 11.3 Å². The Morgan fingerprint density at radius 2 is 2.00 bits per heavy atom. The molecule has 1 unspecified atom stereocenters. The summed E-state index contributed by atoms with van der Waals surface area (Å²) < 4.78 is 25.8. The number of rotatable bonds is 6. The molecule has 0 radical (unpaired) electrons. The molecule has 1 aromatic carbocycles. The van der Waals surface area contributed by atoms with Gasteiger partial charge in [-0.25, -0.2) is 8.78 Å². The second-order valence-electron chi connectivity index (χ2n) is 5.61. The van der Waals surface area contributed by atoms with E-state index < -0.39 is 11.8 Å². The molecular formula is C15H22F2N2O. The van der Waals surface area contributed by atoms with Crippen LogP contribution in [0, 0.1) is 5.41 Å². The number of hydrogen-bond donors (Lipinski definition) is 2. The maximum atomic E-state index is 12.9. The highest BCUT2D eigenvalue weighted by Crippen LogP contribution is 2.29. The summed E-state index contributed by atoms with van der Waals surface area (Å²) in [4.78, 5) is 11.0. The highest BCUT2D eigenvalue weighted by molar-refractivity contribution is 5.88. The van der Waals surface area contributed by atoms with Gasteiger partial charge in [-0.15, -0.1) is 0 Å². The third-order valence-electron chi connectivity index (χ3n) is 3.54. The fraction of sp³-hybridized carbons (Fsp3) is 0.533. The zero-order valence-corrected chi connectivity index (χ0v) is 12.3. The van der Waals surface area contributed by atoms with Crippen LogP contribution in [0.1, 0.15) is 33.3 Å². The van der Waals surface area contributed by atoms with Crippen molar-refractivity contribution in [2.75, 3.05) is 5.32 Å². The van der Waals surface area contributed by atoms with Crippen LogP contribution in [0.3, 0.4) is 0 Å². The molecule has 0 heterocycles. The minimum Gasteiger partial charge on any atom is -0.326 e. The number of alkyl halides is 2. The Morgan fingerprint density at radius 3 is 2.55 bits per heavy atom. The molecule has 1 aromatic rings. The van der Waals surface area contributed by atoms with Crippen molar-refractivity contribution in [3.05, 3.63) is 29.8 Å². The Balaban J connectivity index is 2.64. The van der Waals surface area contributed by atoms with E-state index >= 15 is 0 Å². The third-order valence-corrected chi connectivity index (χ3v) is 3.54. The third kappa shape index (κ3) is 4.56. The molecule has 0 bridgehead atoms. The monoisotopic (exact) mass is 284 g/mol. The maximum absolute atomic E-state index is 12.9. The fourth-order valence-corrected chi connectivity index (χ4v) is 1.69. The van der Waals surface area contributed by atoms with Gasteiger partial charge in [0.15, 0.2) is 0 Å². The van der Waals surface area contributed by atoms with Gasteiger partial charge in [0.1, 0.15) is 0 Å². The lowest BCUT2D eigenvalue weighted by Gasteiger charge is -2.31. The highest BCUT2D eigenvalue weighted by atomic mass is 19.3. The summed E-state index contributed by atoms with van der Waals surface area (Å²) in [7, 11) is 0. The predicted molar refractivity (Wildman–Crippen MR) is 76.8 cm³/mol. The smallest absolute Gasteiger partial charge is 0.245 e. The predicted octanol–water partition coefficient (Wildman–Crippen LogP) is 3.41. The second kappa shape index (κ2) is 6.79. The molecule has 1 rings (SSSR count). The molecule has 2 N–H and O–H groups in total. The molecular weight excluding hydrogens is 262 g/mol. The van der Waals surface area contributed by atoms with Gasteiger partial charge < -0.3 is 10.6 Å². The van der Waals surface area contributed by atoms with Crippen LogP contribution in [0.5, 0.6) is 0 Å². The van der Waals surface area contributed by atoms with E-state index in [1.54, 1.807) is 26.8 Å². The van der Waals surface area contributed by atoms with Gasteiger partial charge >= 0.3 is 0 Å². The first kappa shape index (κ1) is 16.6. The first-order valence-electron chi connectivity index (χ1n) is 6.61. The second-order valence-corrected chi connectivity index (χ2v) is 5.61. The molecule has 0 saturated heterocycles. The highest BCUT2D eigenvalue weighted by Gasteiger charge is 2.35. The molecule has 112 valence electrons. The Labute approximate surface area is 118 Å². The quantitative estimate of drug-likeness (QED) is 0.840. The molecule has 0 aromatic heterocycles. The van der Waals surface area contributed by atoms with Crippen LogP contribution in [0.4, 0.5) is 14.5 Å². The lowest BCUT2D eigenvalue weighted by molar-refractivity contribution is -0.114. The summed E-state index contributed by atoms with van der Waals surface area (Å²) in [5, 5.41) is 5.80. The van der Waals surface area contributed by atoms with Crippen LogP contribution in [0.2, 0.25) is 0 Å². The molecule has 5 heteroatoms. The van der Waals surface area contributed by atoms with Crippen molar-refractivity contribution in [2.24, 2.45) is 5.41 Å². The molecule has 0 spiro atoms. The molecule has 1 amide bonds. The summed E-state index contributed by atoms with van der Waals surface area (Å²) in [5.41, 5.74) is 0.556. The van der Waals surface area contributed by atoms with Crippen LogP contribution in [0.15, 0.2) is 24.3 Å². The van der Waals surface area contributed by atoms with Gasteiger partial charge in [0.2, 0.25) is 12.3 Å². The van der Waals surface area contributed by atoms with E-state index in [-0.39, 0.29) is 11.9 Å². The number of carbonyl (C=O) groups is 1. The lowest BCUT2D eigenvalue weighted by Crippen LogP contribution is -2.43. The summed E-state index contributed by atoms with van der Waals surface area (Å²) in [6.07, 6.45) is -2.38. The summed E-state index contributed by atoms with van der Waals surface area (Å²) in [5.74, 6) is -0.137. The van der Waals surface area contributed by atoms with Crippen molar-refractivity contribution in [3.8, 4) is 0 Å². The van der Waals surface area contributed by atoms with Crippen LogP contribution >= 0.6 is 0 Å². The van der Waals surface area contributed by atoms with E-state index in [1.165, 1.54) is 6.92 Å². The number of hydrogen-bond acceptors (Lipinski definition) is 2. The van der Waals surface area contributed by atoms with Crippen molar-refractivity contribution in [1.29, 1.82) is 0 Å². The SMILES string of the molecule is CC(=O)Nc1cccc(CNC(C)C(C)(C)C(F)F)c1. The van der Waals surface area contributed by atoms with Gasteiger partial charge in [0.25, 0.3) is 0 Å². The Kier molecular flexibility index (Phi) is 5.62. The van der Waals surface area contributed by atoms with Gasteiger partial charge in [-0.1, -0.05) is 26.0 Å². The Morgan fingerprint density at radius 1 is 1.35 bits per heavy atom. The van der Waals surface area contributed by atoms with Crippen molar-refractivity contribution < 1.29 is 13.6 Å². The van der Waals surface area contributed by atoms with Gasteiger partial charge in [-0.05, 0) is 24.6 Å². The minimum atomic E-state index is -2.38. The van der Waals surface area contributed by atoms with Crippen molar-refractivity contribution >= 4 is 11.6 Å². The van der Waals surface area contributed by atoms with Crippen LogP contribution in [0.25, 0.3) is 0 Å². The van der Waals surface area contributed by atoms with Crippen LogP contribution < -0.4 is 10.6 Å². The van der Waals surface area contributed by atoms with Gasteiger partial charge in [0.05, 0.1) is 0 Å². The normalized spacial score (nSPS) is 13.3. The maximum Gasteiger partial charge on any atom is 0.245 e. The van der Waals surface area contributed by atoms with E-state index in [0.29, 0.717) is 12.2 Å². The molecule has 0 saturated carbocycles. The Bertz CT molecular complexity index is 461. The molecule has 0 fully saturated rings. The fourth-order valence-electron chi connectivity index (χ4n) is 1.69. The minimum absolute atomic E-state index is 0.137. The summed E-state index contributed by atoms with van der Waals surface area (Å²) in [6.45, 7) is 6.76. The molecule has 0 aliphatic carbocycles. The van der Waals surface area contributed by atoms with Crippen molar-refractivity contribution in [3.63, 3.8) is 0 Å². The molecule has 1 atom stereocenters. The topological polar surface area (TPSA) is 41.1 Å². The molecule has 0 aliphatic heterocycles. The number of nitrogens with one attached hydrogen (secondary N) is 2. The van der Waals surface area contributed by atoms with Gasteiger partial charge in [0, 0.05) is 30.6 Å². The average molecular weight is 284 g/mol. The summed E-state index contributed by atoms with van der Waals surface area (Å²) in [6, 6.07) is 7.01. The largest absolute Gasteiger partial charge is 0.326 e. The van der Waals surface area contributed by atoms with Gasteiger partial charge in [-0.2, -0.15) is 0 Å². The van der Waals surface area contributed by atoms with E-state index in [9.17, 15) is 13.6 Å². The first-order valence-corrected chi connectivity index (χ1v) is 6.61. The van der Waals surface area contributed by atoms with E-state index in [1.807, 2.05) is 18.2 Å². The summed E-state index contributed by atoms with van der Waals surface area (Å²) >= 11 is 0. The standard InChI is InChI=1S/C15H22F2N2O/c1-10(15(3,4)14(16)17)18-9-12-6-5-7-13(8-12)19-11(2)20/h5-8,10,14,18H,9H2,1-4H3,(H,19,20). The average Bonchev–Trinajstić information content (AvgIpc) is 2.35. The van der Waals surface area contributed by atoms with Crippen LogP contribution in [-0.4, -0.2) is 18.4 Å². The van der Waals surface area contributed by atoms with E-state index in [4.69, 9.17) is 0 Å². The number of anilines is 1. The first-order chi connectivity index (χ1) is 9.23. The molecule has 3 nitrogen and oxygen atoms in total. The zero-order valence-electron chi connectivity index (χ0n) is 12.3. The van der Waals surface area contributed by atoms with Gasteiger partial charge in [-0.3, -0.25) is 4.79 Å². The lowest BCUT2D eigenvalue weighted by atomic mass is 9.86. The van der Waals surface area contributed by atoms with E-state index in [0.717, 1.165) is 5.56 Å². The number of halogens is 2. The number of amides is 1.